The Kier molecular flexibility index (Phi) is 7.14. The molecular weight excluding hydrogens is 330 g/mol. The minimum absolute atomic E-state index is 0.223. The van der Waals surface area contributed by atoms with Crippen molar-refractivity contribution in [3.63, 3.8) is 0 Å². The van der Waals surface area contributed by atoms with Crippen molar-refractivity contribution in [1.29, 1.82) is 0 Å². The molecule has 6 nitrogen and oxygen atoms in total. The maximum absolute atomic E-state index is 9.94. The van der Waals surface area contributed by atoms with E-state index < -0.39 is 0 Å². The lowest BCUT2D eigenvalue weighted by Crippen LogP contribution is -2.37. The van der Waals surface area contributed by atoms with Crippen LogP contribution in [0.2, 0.25) is 0 Å². The van der Waals surface area contributed by atoms with Crippen LogP contribution >= 0.6 is 0 Å². The van der Waals surface area contributed by atoms with E-state index in [9.17, 15) is 5.11 Å². The fourth-order valence-electron chi connectivity index (χ4n) is 2.58. The molecule has 0 amide bonds. The monoisotopic (exact) mass is 357 g/mol. The zero-order chi connectivity index (χ0) is 18.9. The number of nitrogens with zero attached hydrogens (tertiary/aromatic N) is 1. The molecule has 3 N–H and O–H groups in total. The number of aromatic hydroxyl groups is 1. The van der Waals surface area contributed by atoms with Gasteiger partial charge in [0.15, 0.2) is 5.96 Å². The number of hydrogen-bond donors (Lipinski definition) is 3. The first-order valence-electron chi connectivity index (χ1n) is 8.51. The van der Waals surface area contributed by atoms with E-state index in [1.807, 2.05) is 6.92 Å². The second-order valence-corrected chi connectivity index (χ2v) is 5.90. The Morgan fingerprint density at radius 3 is 2.58 bits per heavy atom. The Morgan fingerprint density at radius 1 is 1.08 bits per heavy atom. The molecule has 0 saturated heterocycles. The number of hydrogen-bond acceptors (Lipinski definition) is 4. The summed E-state index contributed by atoms with van der Waals surface area (Å²) in [6.45, 7) is 3.21. The third-order valence-corrected chi connectivity index (χ3v) is 4.14. The molecule has 0 spiro atoms. The van der Waals surface area contributed by atoms with Crippen LogP contribution in [0.4, 0.5) is 0 Å². The van der Waals surface area contributed by atoms with Crippen LogP contribution in [-0.4, -0.2) is 38.9 Å². The van der Waals surface area contributed by atoms with Gasteiger partial charge in [0.1, 0.15) is 17.2 Å². The average molecular weight is 357 g/mol. The number of phenols is 1. The molecule has 2 aromatic carbocycles. The van der Waals surface area contributed by atoms with Crippen LogP contribution in [-0.2, 0) is 13.0 Å². The van der Waals surface area contributed by atoms with Crippen molar-refractivity contribution in [2.45, 2.75) is 19.9 Å². The summed E-state index contributed by atoms with van der Waals surface area (Å²) in [5, 5.41) is 16.4. The molecule has 0 aliphatic heterocycles. The van der Waals surface area contributed by atoms with Gasteiger partial charge in [-0.15, -0.1) is 0 Å². The number of methoxy groups -OCH3 is 2. The molecule has 0 unspecified atom stereocenters. The fourth-order valence-corrected chi connectivity index (χ4v) is 2.58. The quantitative estimate of drug-likeness (QED) is 0.525. The summed E-state index contributed by atoms with van der Waals surface area (Å²) < 4.78 is 10.6. The molecule has 140 valence electrons. The van der Waals surface area contributed by atoms with Gasteiger partial charge in [-0.1, -0.05) is 12.1 Å². The van der Waals surface area contributed by atoms with Gasteiger partial charge in [-0.25, -0.2) is 0 Å². The van der Waals surface area contributed by atoms with E-state index in [1.54, 1.807) is 39.5 Å². The van der Waals surface area contributed by atoms with E-state index in [4.69, 9.17) is 9.47 Å². The molecule has 0 aromatic heterocycles. The van der Waals surface area contributed by atoms with E-state index in [2.05, 4.69) is 33.8 Å². The number of ether oxygens (including phenoxy) is 2. The maximum atomic E-state index is 9.94. The second-order valence-electron chi connectivity index (χ2n) is 5.90. The summed E-state index contributed by atoms with van der Waals surface area (Å²) in [6, 6.07) is 11.4. The maximum Gasteiger partial charge on any atom is 0.191 e. The zero-order valence-electron chi connectivity index (χ0n) is 15.8. The number of aliphatic imine (C=N–C) groups is 1. The van der Waals surface area contributed by atoms with Crippen LogP contribution in [0, 0.1) is 6.92 Å². The molecule has 2 aromatic rings. The van der Waals surface area contributed by atoms with Crippen molar-refractivity contribution in [3.05, 3.63) is 53.1 Å². The normalized spacial score (nSPS) is 11.2. The molecule has 6 heteroatoms. The smallest absolute Gasteiger partial charge is 0.191 e. The highest BCUT2D eigenvalue weighted by Crippen LogP contribution is 2.22. The van der Waals surface area contributed by atoms with Crippen LogP contribution in [0.3, 0.4) is 0 Å². The highest BCUT2D eigenvalue weighted by Gasteiger charge is 2.05. The van der Waals surface area contributed by atoms with E-state index in [-0.39, 0.29) is 5.75 Å². The lowest BCUT2D eigenvalue weighted by Gasteiger charge is -2.14. The Hall–Kier alpha value is -2.89. The van der Waals surface area contributed by atoms with Crippen molar-refractivity contribution < 1.29 is 14.6 Å². The van der Waals surface area contributed by atoms with Crippen LogP contribution < -0.4 is 20.1 Å². The van der Waals surface area contributed by atoms with Crippen molar-refractivity contribution in [3.8, 4) is 17.2 Å². The predicted octanol–water partition coefficient (Wildman–Crippen LogP) is 2.63. The van der Waals surface area contributed by atoms with Crippen molar-refractivity contribution in [2.24, 2.45) is 4.99 Å². The molecule has 0 heterocycles. The Morgan fingerprint density at radius 2 is 1.88 bits per heavy atom. The number of rotatable bonds is 7. The second kappa shape index (κ2) is 9.56. The largest absolute Gasteiger partial charge is 0.508 e. The third-order valence-electron chi connectivity index (χ3n) is 4.14. The molecule has 2 rings (SSSR count). The first-order valence-corrected chi connectivity index (χ1v) is 8.51. The van der Waals surface area contributed by atoms with E-state index in [0.29, 0.717) is 18.3 Å². The highest BCUT2D eigenvalue weighted by atomic mass is 16.5. The standard InChI is InChI=1S/C20H27N3O3/c1-14-5-6-15(11-19(14)26-4)9-10-22-20(21-2)23-13-16-12-17(25-3)7-8-18(16)24/h5-8,11-12,24H,9-10,13H2,1-4H3,(H2,21,22,23). The number of guanidine groups is 1. The SMILES string of the molecule is CN=C(NCCc1ccc(C)c(OC)c1)NCc1cc(OC)ccc1O. The van der Waals surface area contributed by atoms with Gasteiger partial charge in [0.2, 0.25) is 0 Å². The van der Waals surface area contributed by atoms with Gasteiger partial charge >= 0.3 is 0 Å². The lowest BCUT2D eigenvalue weighted by molar-refractivity contribution is 0.410. The Labute approximate surface area is 154 Å². The predicted molar refractivity (Wildman–Crippen MR) is 104 cm³/mol. The summed E-state index contributed by atoms with van der Waals surface area (Å²) >= 11 is 0. The van der Waals surface area contributed by atoms with Crippen LogP contribution in [0.1, 0.15) is 16.7 Å². The van der Waals surface area contributed by atoms with Crippen molar-refractivity contribution in [2.75, 3.05) is 27.8 Å². The molecule has 0 fully saturated rings. The summed E-state index contributed by atoms with van der Waals surface area (Å²) in [6.07, 6.45) is 0.849. The summed E-state index contributed by atoms with van der Waals surface area (Å²) in [5.41, 5.74) is 3.07. The summed E-state index contributed by atoms with van der Waals surface area (Å²) in [4.78, 5) is 4.21. The van der Waals surface area contributed by atoms with Gasteiger partial charge in [-0.05, 0) is 48.7 Å². The van der Waals surface area contributed by atoms with Crippen LogP contribution in [0.25, 0.3) is 0 Å². The van der Waals surface area contributed by atoms with Gasteiger partial charge in [-0.2, -0.15) is 0 Å². The molecular formula is C20H27N3O3. The Balaban J connectivity index is 1.86. The first kappa shape index (κ1) is 19.4. The average Bonchev–Trinajstić information content (AvgIpc) is 2.66. The molecule has 0 aliphatic carbocycles. The molecule has 0 aliphatic rings. The van der Waals surface area contributed by atoms with Crippen molar-refractivity contribution in [1.82, 2.24) is 10.6 Å². The molecule has 26 heavy (non-hydrogen) atoms. The number of benzene rings is 2. The lowest BCUT2D eigenvalue weighted by atomic mass is 10.1. The Bertz CT molecular complexity index is 760. The fraction of sp³-hybridized carbons (Fsp3) is 0.350. The van der Waals surface area contributed by atoms with Gasteiger partial charge in [0.05, 0.1) is 14.2 Å². The third kappa shape index (κ3) is 5.31. The summed E-state index contributed by atoms with van der Waals surface area (Å²) in [7, 11) is 5.00. The van der Waals surface area contributed by atoms with Gasteiger partial charge in [-0.3, -0.25) is 4.99 Å². The van der Waals surface area contributed by atoms with Crippen molar-refractivity contribution >= 4 is 5.96 Å². The minimum atomic E-state index is 0.223. The number of nitrogens with one attached hydrogen (secondary N) is 2. The molecule has 0 radical (unpaired) electrons. The topological polar surface area (TPSA) is 75.1 Å². The van der Waals surface area contributed by atoms with E-state index >= 15 is 0 Å². The first-order chi connectivity index (χ1) is 12.6. The molecule has 0 saturated carbocycles. The summed E-state index contributed by atoms with van der Waals surface area (Å²) in [5.74, 6) is 2.50. The van der Waals surface area contributed by atoms with E-state index in [0.717, 1.165) is 29.8 Å². The minimum Gasteiger partial charge on any atom is -0.508 e. The van der Waals surface area contributed by atoms with E-state index in [1.165, 1.54) is 5.56 Å². The molecule has 0 atom stereocenters. The van der Waals surface area contributed by atoms with Crippen LogP contribution in [0.15, 0.2) is 41.4 Å². The zero-order valence-corrected chi connectivity index (χ0v) is 15.8. The number of aryl methyl sites for hydroxylation is 1. The number of phenolic OH excluding ortho intramolecular Hbond substituents is 1. The van der Waals surface area contributed by atoms with Gasteiger partial charge in [0, 0.05) is 25.7 Å². The van der Waals surface area contributed by atoms with Crippen LogP contribution in [0.5, 0.6) is 17.2 Å². The van der Waals surface area contributed by atoms with Gasteiger partial charge in [0.25, 0.3) is 0 Å². The van der Waals surface area contributed by atoms with Gasteiger partial charge < -0.3 is 25.2 Å². The highest BCUT2D eigenvalue weighted by molar-refractivity contribution is 5.79. The molecule has 0 bridgehead atoms.